The molecule has 0 aliphatic carbocycles. The van der Waals surface area contributed by atoms with Gasteiger partial charge in [-0.2, -0.15) is 0 Å². The fraction of sp³-hybridized carbons (Fsp3) is 1.00. The molecule has 0 amide bonds. The predicted octanol–water partition coefficient (Wildman–Crippen LogP) is 0.154. The molecule has 0 aromatic rings. The molecule has 0 aromatic heterocycles. The maximum atomic E-state index is 11.9. The van der Waals surface area contributed by atoms with Crippen molar-refractivity contribution in [3.8, 4) is 0 Å². The zero-order chi connectivity index (χ0) is 10.3. The lowest BCUT2D eigenvalue weighted by Crippen LogP contribution is -2.34. The monoisotopic (exact) mass is 196 g/mol. The second-order valence-corrected chi connectivity index (χ2v) is 3.11. The minimum Gasteiger partial charge on any atom is -0.395 e. The smallest absolute Gasteiger partial charge is 0.251 e. The van der Waals surface area contributed by atoms with Crippen molar-refractivity contribution < 1.29 is 13.9 Å². The number of likely N-dealkylation sites (N-methyl/N-ethyl adjacent to an activating group) is 1. The van der Waals surface area contributed by atoms with Crippen LogP contribution >= 0.6 is 0 Å². The lowest BCUT2D eigenvalue weighted by molar-refractivity contribution is 0.0970. The third-order valence-electron chi connectivity index (χ3n) is 1.94. The van der Waals surface area contributed by atoms with Crippen molar-refractivity contribution in [2.24, 2.45) is 0 Å². The molecule has 5 heteroatoms. The van der Waals surface area contributed by atoms with Gasteiger partial charge in [0.1, 0.15) is 0 Å². The zero-order valence-electron chi connectivity index (χ0n) is 8.13. The van der Waals surface area contributed by atoms with Crippen LogP contribution in [0.25, 0.3) is 0 Å². The van der Waals surface area contributed by atoms with Crippen molar-refractivity contribution in [3.05, 3.63) is 0 Å². The summed E-state index contributed by atoms with van der Waals surface area (Å²) >= 11 is 0. The number of aliphatic hydroxyl groups excluding tert-OH is 1. The van der Waals surface area contributed by atoms with E-state index < -0.39 is 6.43 Å². The van der Waals surface area contributed by atoms with Gasteiger partial charge in [0.15, 0.2) is 0 Å². The Morgan fingerprint density at radius 2 is 2.08 bits per heavy atom. The highest BCUT2D eigenvalue weighted by molar-refractivity contribution is 4.65. The van der Waals surface area contributed by atoms with Crippen LogP contribution in [0.5, 0.6) is 0 Å². The number of hydrogen-bond acceptors (Lipinski definition) is 3. The number of rotatable bonds is 7. The van der Waals surface area contributed by atoms with Gasteiger partial charge in [-0.05, 0) is 27.1 Å². The highest BCUT2D eigenvalue weighted by Crippen LogP contribution is 1.98. The molecule has 0 saturated carbocycles. The van der Waals surface area contributed by atoms with E-state index in [1.807, 2.05) is 0 Å². The minimum absolute atomic E-state index is 0.000113. The number of hydrogen-bond donors (Lipinski definition) is 2. The van der Waals surface area contributed by atoms with Crippen molar-refractivity contribution in [1.82, 2.24) is 10.2 Å². The van der Waals surface area contributed by atoms with E-state index >= 15 is 0 Å². The molecule has 3 nitrogen and oxygen atoms in total. The quantitative estimate of drug-likeness (QED) is 0.608. The molecule has 0 aliphatic rings. The number of nitrogens with one attached hydrogen (secondary N) is 1. The molecular formula is C8H18F2N2O. The summed E-state index contributed by atoms with van der Waals surface area (Å²) in [5.74, 6) is 0. The fourth-order valence-electron chi connectivity index (χ4n) is 1.03. The summed E-state index contributed by atoms with van der Waals surface area (Å²) < 4.78 is 23.7. The second kappa shape index (κ2) is 7.17. The summed E-state index contributed by atoms with van der Waals surface area (Å²) in [4.78, 5) is 1.56. The van der Waals surface area contributed by atoms with E-state index in [-0.39, 0.29) is 19.2 Å². The van der Waals surface area contributed by atoms with Crippen molar-refractivity contribution in [2.75, 3.05) is 33.8 Å². The Bertz CT molecular complexity index is 121. The van der Waals surface area contributed by atoms with Crippen LogP contribution in [-0.4, -0.2) is 56.3 Å². The lowest BCUT2D eigenvalue weighted by atomic mass is 10.2. The van der Waals surface area contributed by atoms with Crippen molar-refractivity contribution in [3.63, 3.8) is 0 Å². The number of nitrogens with zero attached hydrogens (tertiary/aromatic N) is 1. The van der Waals surface area contributed by atoms with Gasteiger partial charge in [-0.1, -0.05) is 0 Å². The third-order valence-corrected chi connectivity index (χ3v) is 1.94. The maximum absolute atomic E-state index is 11.9. The predicted molar refractivity (Wildman–Crippen MR) is 48.1 cm³/mol. The van der Waals surface area contributed by atoms with Crippen LogP contribution in [0.4, 0.5) is 8.78 Å². The number of aliphatic hydroxyl groups is 1. The average Bonchev–Trinajstić information content (AvgIpc) is 2.05. The van der Waals surface area contributed by atoms with Crippen molar-refractivity contribution in [2.45, 2.75) is 18.9 Å². The Morgan fingerprint density at radius 3 is 2.46 bits per heavy atom. The highest BCUT2D eigenvalue weighted by Gasteiger charge is 2.09. The van der Waals surface area contributed by atoms with E-state index in [0.717, 1.165) is 0 Å². The zero-order valence-corrected chi connectivity index (χ0v) is 8.13. The maximum Gasteiger partial charge on any atom is 0.251 e. The van der Waals surface area contributed by atoms with Gasteiger partial charge in [0, 0.05) is 6.04 Å². The molecule has 0 aromatic carbocycles. The Labute approximate surface area is 77.7 Å². The summed E-state index contributed by atoms with van der Waals surface area (Å²) in [5.41, 5.74) is 0. The summed E-state index contributed by atoms with van der Waals surface area (Å²) in [6, 6.07) is 0.000113. The number of halogens is 2. The first kappa shape index (κ1) is 12.7. The first-order valence-electron chi connectivity index (χ1n) is 4.35. The Morgan fingerprint density at radius 1 is 1.46 bits per heavy atom. The van der Waals surface area contributed by atoms with E-state index in [1.165, 1.54) is 0 Å². The molecule has 0 heterocycles. The van der Waals surface area contributed by atoms with Crippen LogP contribution in [0.1, 0.15) is 6.42 Å². The van der Waals surface area contributed by atoms with Crippen LogP contribution in [0, 0.1) is 0 Å². The van der Waals surface area contributed by atoms with E-state index in [1.54, 1.807) is 19.0 Å². The van der Waals surface area contributed by atoms with Gasteiger partial charge in [0.2, 0.25) is 0 Å². The van der Waals surface area contributed by atoms with Crippen LogP contribution in [0.2, 0.25) is 0 Å². The molecule has 0 aliphatic heterocycles. The molecule has 0 saturated heterocycles. The highest BCUT2D eigenvalue weighted by atomic mass is 19.3. The molecule has 0 radical (unpaired) electrons. The van der Waals surface area contributed by atoms with Gasteiger partial charge in [0.25, 0.3) is 6.43 Å². The Balaban J connectivity index is 3.49. The molecular weight excluding hydrogens is 178 g/mol. The van der Waals surface area contributed by atoms with Crippen LogP contribution < -0.4 is 5.32 Å². The standard InChI is InChI=1S/C8H18F2N2O/c1-11-7(6-13)3-4-12(2)5-8(9)10/h7-8,11,13H,3-6H2,1-2H3. The molecule has 1 unspecified atom stereocenters. The topological polar surface area (TPSA) is 35.5 Å². The van der Waals surface area contributed by atoms with Gasteiger partial charge in [-0.3, -0.25) is 0 Å². The van der Waals surface area contributed by atoms with Gasteiger partial charge in [-0.15, -0.1) is 0 Å². The van der Waals surface area contributed by atoms with Gasteiger partial charge >= 0.3 is 0 Å². The SMILES string of the molecule is CNC(CO)CCN(C)CC(F)F. The molecule has 0 spiro atoms. The first-order chi connectivity index (χ1) is 6.10. The van der Waals surface area contributed by atoms with Crippen molar-refractivity contribution >= 4 is 0 Å². The Kier molecular flexibility index (Phi) is 7.03. The second-order valence-electron chi connectivity index (χ2n) is 3.11. The van der Waals surface area contributed by atoms with E-state index in [9.17, 15) is 8.78 Å². The summed E-state index contributed by atoms with van der Waals surface area (Å²) in [6.45, 7) is 0.400. The fourth-order valence-corrected chi connectivity index (χ4v) is 1.03. The normalized spacial score (nSPS) is 14.1. The Hall–Kier alpha value is -0.260. The molecule has 80 valence electrons. The number of alkyl halides is 2. The molecule has 13 heavy (non-hydrogen) atoms. The van der Waals surface area contributed by atoms with Gasteiger partial charge < -0.3 is 15.3 Å². The largest absolute Gasteiger partial charge is 0.395 e. The summed E-state index contributed by atoms with van der Waals surface area (Å²) in [6.07, 6.45) is -1.61. The molecule has 0 rings (SSSR count). The van der Waals surface area contributed by atoms with Crippen LogP contribution in [-0.2, 0) is 0 Å². The molecule has 0 bridgehead atoms. The molecule has 1 atom stereocenters. The average molecular weight is 196 g/mol. The van der Waals surface area contributed by atoms with Crippen molar-refractivity contribution in [1.29, 1.82) is 0 Å². The van der Waals surface area contributed by atoms with E-state index in [0.29, 0.717) is 13.0 Å². The minimum atomic E-state index is -2.29. The van der Waals surface area contributed by atoms with Gasteiger partial charge in [0.05, 0.1) is 13.2 Å². The molecule has 0 fully saturated rings. The van der Waals surface area contributed by atoms with Crippen LogP contribution in [0.3, 0.4) is 0 Å². The van der Waals surface area contributed by atoms with E-state index in [4.69, 9.17) is 5.11 Å². The van der Waals surface area contributed by atoms with Gasteiger partial charge in [-0.25, -0.2) is 8.78 Å². The van der Waals surface area contributed by atoms with Crippen LogP contribution in [0.15, 0.2) is 0 Å². The van der Waals surface area contributed by atoms with E-state index in [2.05, 4.69) is 5.32 Å². The summed E-state index contributed by atoms with van der Waals surface area (Å²) in [7, 11) is 3.39. The molecule has 2 N–H and O–H groups in total. The third kappa shape index (κ3) is 6.86. The first-order valence-corrected chi connectivity index (χ1v) is 4.35. The lowest BCUT2D eigenvalue weighted by Gasteiger charge is -2.19. The summed E-state index contributed by atoms with van der Waals surface area (Å²) in [5, 5.41) is 11.7.